The number of nitrogens with one attached hydrogen (secondary N) is 2. The van der Waals surface area contributed by atoms with Gasteiger partial charge in [0.1, 0.15) is 0 Å². The summed E-state index contributed by atoms with van der Waals surface area (Å²) in [4.78, 5) is 12.1. The third kappa shape index (κ3) is 2.47. The van der Waals surface area contributed by atoms with Gasteiger partial charge in [0.2, 0.25) is 5.91 Å². The summed E-state index contributed by atoms with van der Waals surface area (Å²) < 4.78 is 0.808. The van der Waals surface area contributed by atoms with Gasteiger partial charge in [-0.25, -0.2) is 0 Å². The third-order valence-corrected chi connectivity index (χ3v) is 3.40. The quantitative estimate of drug-likeness (QED) is 0.824. The van der Waals surface area contributed by atoms with Crippen LogP contribution in [0.2, 0.25) is 4.34 Å². The number of rotatable bonds is 3. The maximum absolute atomic E-state index is 10.9. The van der Waals surface area contributed by atoms with Gasteiger partial charge in [-0.05, 0) is 12.1 Å². The van der Waals surface area contributed by atoms with Gasteiger partial charge in [-0.3, -0.25) is 4.79 Å². The monoisotopic (exact) mass is 230 g/mol. The highest BCUT2D eigenvalue weighted by molar-refractivity contribution is 7.16. The summed E-state index contributed by atoms with van der Waals surface area (Å²) in [5.74, 6) is 0.131. The molecule has 1 atom stereocenters. The van der Waals surface area contributed by atoms with Gasteiger partial charge >= 0.3 is 0 Å². The minimum atomic E-state index is 0.131. The Morgan fingerprint density at radius 1 is 1.64 bits per heavy atom. The van der Waals surface area contributed by atoms with Crippen LogP contribution in [0.4, 0.5) is 0 Å². The molecule has 1 saturated heterocycles. The lowest BCUT2D eigenvalue weighted by molar-refractivity contribution is -0.119. The molecule has 3 nitrogen and oxygen atoms in total. The Bertz CT molecular complexity index is 339. The van der Waals surface area contributed by atoms with Crippen molar-refractivity contribution in [2.24, 2.45) is 0 Å². The molecule has 76 valence electrons. The first-order valence-corrected chi connectivity index (χ1v) is 5.68. The topological polar surface area (TPSA) is 41.1 Å². The van der Waals surface area contributed by atoms with E-state index in [2.05, 4.69) is 10.6 Å². The van der Waals surface area contributed by atoms with E-state index in [1.54, 1.807) is 11.3 Å². The summed E-state index contributed by atoms with van der Waals surface area (Å²) in [6.45, 7) is 1.52. The molecule has 2 N–H and O–H groups in total. The lowest BCUT2D eigenvalue weighted by Crippen LogP contribution is -2.30. The van der Waals surface area contributed by atoms with Crippen LogP contribution in [-0.2, 0) is 11.3 Å². The molecule has 1 aromatic rings. The number of hydrogen-bond acceptors (Lipinski definition) is 3. The van der Waals surface area contributed by atoms with Crippen molar-refractivity contribution in [2.75, 3.05) is 6.54 Å². The molecule has 0 aromatic carbocycles. The van der Waals surface area contributed by atoms with Crippen LogP contribution in [0, 0.1) is 0 Å². The molecule has 1 aliphatic heterocycles. The Morgan fingerprint density at radius 3 is 3.07 bits per heavy atom. The van der Waals surface area contributed by atoms with E-state index >= 15 is 0 Å². The molecule has 1 unspecified atom stereocenters. The van der Waals surface area contributed by atoms with E-state index in [4.69, 9.17) is 11.6 Å². The Kier molecular flexibility index (Phi) is 3.05. The van der Waals surface area contributed by atoms with Gasteiger partial charge < -0.3 is 10.6 Å². The number of thiophene rings is 1. The first-order chi connectivity index (χ1) is 6.74. The van der Waals surface area contributed by atoms with Crippen LogP contribution in [0.1, 0.15) is 11.3 Å². The zero-order valence-electron chi connectivity index (χ0n) is 7.55. The molecule has 14 heavy (non-hydrogen) atoms. The number of carbonyl (C=O) groups is 1. The van der Waals surface area contributed by atoms with Gasteiger partial charge in [-0.1, -0.05) is 11.6 Å². The van der Waals surface area contributed by atoms with E-state index in [0.29, 0.717) is 6.42 Å². The smallest absolute Gasteiger partial charge is 0.221 e. The summed E-state index contributed by atoms with van der Waals surface area (Å²) in [6, 6.07) is 4.16. The first-order valence-electron chi connectivity index (χ1n) is 4.48. The van der Waals surface area contributed by atoms with Crippen LogP contribution >= 0.6 is 22.9 Å². The molecule has 0 aliphatic carbocycles. The maximum Gasteiger partial charge on any atom is 0.221 e. The van der Waals surface area contributed by atoms with E-state index in [1.807, 2.05) is 12.1 Å². The summed E-state index contributed by atoms with van der Waals surface area (Å²) >= 11 is 7.37. The van der Waals surface area contributed by atoms with E-state index in [0.717, 1.165) is 17.4 Å². The molecule has 5 heteroatoms. The third-order valence-electron chi connectivity index (χ3n) is 2.17. The highest BCUT2D eigenvalue weighted by Crippen LogP contribution is 2.21. The molecule has 0 saturated carbocycles. The van der Waals surface area contributed by atoms with E-state index in [-0.39, 0.29) is 11.9 Å². The van der Waals surface area contributed by atoms with Gasteiger partial charge in [0.05, 0.1) is 4.34 Å². The van der Waals surface area contributed by atoms with Crippen LogP contribution < -0.4 is 10.6 Å². The van der Waals surface area contributed by atoms with E-state index in [1.165, 1.54) is 4.88 Å². The Labute approximate surface area is 91.5 Å². The van der Waals surface area contributed by atoms with Gasteiger partial charge in [0.15, 0.2) is 0 Å². The van der Waals surface area contributed by atoms with Crippen molar-refractivity contribution in [2.45, 2.75) is 19.0 Å². The van der Waals surface area contributed by atoms with Crippen molar-refractivity contribution in [1.82, 2.24) is 10.6 Å². The summed E-state index contributed by atoms with van der Waals surface area (Å²) in [7, 11) is 0. The molecular weight excluding hydrogens is 220 g/mol. The number of hydrogen-bond donors (Lipinski definition) is 2. The Morgan fingerprint density at radius 2 is 2.50 bits per heavy atom. The van der Waals surface area contributed by atoms with Crippen molar-refractivity contribution < 1.29 is 4.79 Å². The van der Waals surface area contributed by atoms with Crippen molar-refractivity contribution in [3.8, 4) is 0 Å². The summed E-state index contributed by atoms with van der Waals surface area (Å²) in [6.07, 6.45) is 0.582. The molecule has 2 heterocycles. The second-order valence-corrected chi connectivity index (χ2v) is 5.09. The predicted molar refractivity (Wildman–Crippen MR) is 57.6 cm³/mol. The van der Waals surface area contributed by atoms with Crippen LogP contribution in [0.15, 0.2) is 12.1 Å². The van der Waals surface area contributed by atoms with Crippen LogP contribution in [0.25, 0.3) is 0 Å². The maximum atomic E-state index is 10.9. The second-order valence-electron chi connectivity index (χ2n) is 3.29. The molecule has 1 aliphatic rings. The molecule has 1 amide bonds. The Balaban J connectivity index is 1.80. The predicted octanol–water partition coefficient (Wildman–Crippen LogP) is 1.38. The second kappa shape index (κ2) is 4.29. The zero-order chi connectivity index (χ0) is 9.97. The number of carbonyl (C=O) groups excluding carboxylic acids is 1. The fourth-order valence-electron chi connectivity index (χ4n) is 1.44. The SMILES string of the molecule is O=C1CC(NCc2ccc(Cl)s2)CN1. The average molecular weight is 231 g/mol. The molecule has 1 fully saturated rings. The molecule has 0 bridgehead atoms. The van der Waals surface area contributed by atoms with Crippen molar-refractivity contribution >= 4 is 28.8 Å². The number of amides is 1. The zero-order valence-corrected chi connectivity index (χ0v) is 9.12. The standard InChI is InChI=1S/C9H11ClN2OS/c10-8-2-1-7(14-8)5-11-6-3-9(13)12-4-6/h1-2,6,11H,3-5H2,(H,12,13). The van der Waals surface area contributed by atoms with Crippen LogP contribution in [0.3, 0.4) is 0 Å². The van der Waals surface area contributed by atoms with Crippen molar-refractivity contribution in [3.05, 3.63) is 21.3 Å². The van der Waals surface area contributed by atoms with Gasteiger partial charge in [-0.2, -0.15) is 0 Å². The highest BCUT2D eigenvalue weighted by Gasteiger charge is 2.20. The lowest BCUT2D eigenvalue weighted by atomic mass is 10.2. The van der Waals surface area contributed by atoms with E-state index < -0.39 is 0 Å². The minimum absolute atomic E-state index is 0.131. The fraction of sp³-hybridized carbons (Fsp3) is 0.444. The van der Waals surface area contributed by atoms with Crippen molar-refractivity contribution in [3.63, 3.8) is 0 Å². The minimum Gasteiger partial charge on any atom is -0.354 e. The number of halogens is 1. The average Bonchev–Trinajstić information content (AvgIpc) is 2.72. The highest BCUT2D eigenvalue weighted by atomic mass is 35.5. The molecule has 1 aromatic heterocycles. The first kappa shape index (κ1) is 9.96. The van der Waals surface area contributed by atoms with Crippen molar-refractivity contribution in [1.29, 1.82) is 0 Å². The molecular formula is C9H11ClN2OS. The fourth-order valence-corrected chi connectivity index (χ4v) is 2.48. The lowest BCUT2D eigenvalue weighted by Gasteiger charge is -2.07. The molecule has 0 spiro atoms. The van der Waals surface area contributed by atoms with Gasteiger partial charge in [0, 0.05) is 30.4 Å². The normalized spacial score (nSPS) is 21.2. The van der Waals surface area contributed by atoms with Gasteiger partial charge in [0.25, 0.3) is 0 Å². The summed E-state index contributed by atoms with van der Waals surface area (Å²) in [5.41, 5.74) is 0. The molecule has 2 rings (SSSR count). The van der Waals surface area contributed by atoms with Crippen LogP contribution in [-0.4, -0.2) is 18.5 Å². The van der Waals surface area contributed by atoms with Crippen LogP contribution in [0.5, 0.6) is 0 Å². The largest absolute Gasteiger partial charge is 0.354 e. The Hall–Kier alpha value is -0.580. The summed E-state index contributed by atoms with van der Waals surface area (Å²) in [5, 5.41) is 6.10. The van der Waals surface area contributed by atoms with E-state index in [9.17, 15) is 4.79 Å². The molecule has 0 radical (unpaired) electrons. The van der Waals surface area contributed by atoms with Gasteiger partial charge in [-0.15, -0.1) is 11.3 Å².